The number of halogens is 5. The first kappa shape index (κ1) is 16.2. The standard InChI is InChI=1S/C15H9Br2F3O/c1-8-5-13(17)11(7-12(8)16)14(21)9-3-2-4-10(6-9)15(18,19)20/h2-7H,1H3. The Labute approximate surface area is 136 Å². The molecule has 0 aliphatic carbocycles. The molecular formula is C15H9Br2F3O. The Morgan fingerprint density at radius 3 is 2.33 bits per heavy atom. The molecule has 0 aromatic heterocycles. The van der Waals surface area contributed by atoms with Crippen LogP contribution in [0.5, 0.6) is 0 Å². The van der Waals surface area contributed by atoms with Crippen LogP contribution in [0.4, 0.5) is 13.2 Å². The molecule has 0 atom stereocenters. The third-order valence-electron chi connectivity index (χ3n) is 2.95. The van der Waals surface area contributed by atoms with Crippen molar-refractivity contribution in [2.75, 3.05) is 0 Å². The van der Waals surface area contributed by atoms with Crippen LogP contribution in [0.1, 0.15) is 27.0 Å². The summed E-state index contributed by atoms with van der Waals surface area (Å²) in [4.78, 5) is 12.4. The molecule has 0 aliphatic rings. The van der Waals surface area contributed by atoms with Crippen molar-refractivity contribution in [2.24, 2.45) is 0 Å². The van der Waals surface area contributed by atoms with Crippen molar-refractivity contribution in [1.29, 1.82) is 0 Å². The predicted molar refractivity (Wildman–Crippen MR) is 81.5 cm³/mol. The van der Waals surface area contributed by atoms with Crippen LogP contribution in [-0.4, -0.2) is 5.78 Å². The number of rotatable bonds is 2. The van der Waals surface area contributed by atoms with E-state index >= 15 is 0 Å². The van der Waals surface area contributed by atoms with E-state index in [1.807, 2.05) is 6.92 Å². The summed E-state index contributed by atoms with van der Waals surface area (Å²) >= 11 is 6.59. The average Bonchev–Trinajstić information content (AvgIpc) is 2.41. The zero-order chi connectivity index (χ0) is 15.8. The Morgan fingerprint density at radius 2 is 1.71 bits per heavy atom. The molecule has 0 amide bonds. The second-order valence-corrected chi connectivity index (χ2v) is 6.20. The van der Waals surface area contributed by atoms with E-state index in [-0.39, 0.29) is 5.56 Å². The van der Waals surface area contributed by atoms with E-state index in [2.05, 4.69) is 31.9 Å². The fraction of sp³-hybridized carbons (Fsp3) is 0.133. The molecule has 2 rings (SSSR count). The smallest absolute Gasteiger partial charge is 0.289 e. The van der Waals surface area contributed by atoms with E-state index < -0.39 is 17.5 Å². The SMILES string of the molecule is Cc1cc(Br)c(C(=O)c2cccc(C(F)(F)F)c2)cc1Br. The van der Waals surface area contributed by atoms with Crippen LogP contribution in [0.15, 0.2) is 45.3 Å². The molecule has 2 aromatic rings. The van der Waals surface area contributed by atoms with Crippen molar-refractivity contribution in [1.82, 2.24) is 0 Å². The summed E-state index contributed by atoms with van der Waals surface area (Å²) in [5.41, 5.74) is 0.395. The first-order valence-electron chi connectivity index (χ1n) is 5.88. The third kappa shape index (κ3) is 3.55. The van der Waals surface area contributed by atoms with Crippen LogP contribution in [0.3, 0.4) is 0 Å². The highest BCUT2D eigenvalue weighted by atomic mass is 79.9. The zero-order valence-electron chi connectivity index (χ0n) is 10.8. The van der Waals surface area contributed by atoms with Crippen molar-refractivity contribution in [2.45, 2.75) is 13.1 Å². The Bertz CT molecular complexity index is 709. The molecule has 0 radical (unpaired) electrons. The normalized spacial score (nSPS) is 11.5. The molecule has 0 aliphatic heterocycles. The third-order valence-corrected chi connectivity index (χ3v) is 4.46. The summed E-state index contributed by atoms with van der Waals surface area (Å²) in [6, 6.07) is 7.75. The van der Waals surface area contributed by atoms with Gasteiger partial charge in [-0.15, -0.1) is 0 Å². The lowest BCUT2D eigenvalue weighted by molar-refractivity contribution is -0.137. The van der Waals surface area contributed by atoms with Gasteiger partial charge in [-0.2, -0.15) is 13.2 Å². The molecular weight excluding hydrogens is 413 g/mol. The molecule has 1 nitrogen and oxygen atoms in total. The summed E-state index contributed by atoms with van der Waals surface area (Å²) < 4.78 is 39.4. The fourth-order valence-electron chi connectivity index (χ4n) is 1.81. The van der Waals surface area contributed by atoms with Crippen LogP contribution in [0.25, 0.3) is 0 Å². The number of carbonyl (C=O) groups is 1. The molecule has 0 saturated heterocycles. The zero-order valence-corrected chi connectivity index (χ0v) is 13.9. The van der Waals surface area contributed by atoms with Gasteiger partial charge in [-0.3, -0.25) is 4.79 Å². The number of hydrogen-bond donors (Lipinski definition) is 0. The summed E-state index contributed by atoms with van der Waals surface area (Å²) in [6.45, 7) is 1.85. The largest absolute Gasteiger partial charge is 0.416 e. The number of aryl methyl sites for hydroxylation is 1. The number of carbonyl (C=O) groups excluding carboxylic acids is 1. The summed E-state index contributed by atoms with van der Waals surface area (Å²) in [7, 11) is 0. The molecule has 0 heterocycles. The fourth-order valence-corrected chi connectivity index (χ4v) is 2.79. The number of benzene rings is 2. The highest BCUT2D eigenvalue weighted by Crippen LogP contribution is 2.31. The van der Waals surface area contributed by atoms with Gasteiger partial charge in [0, 0.05) is 20.1 Å². The molecule has 0 saturated carbocycles. The van der Waals surface area contributed by atoms with E-state index in [1.165, 1.54) is 12.1 Å². The van der Waals surface area contributed by atoms with Gasteiger partial charge >= 0.3 is 6.18 Å². The van der Waals surface area contributed by atoms with Gasteiger partial charge in [0.05, 0.1) is 5.56 Å². The topological polar surface area (TPSA) is 17.1 Å². The van der Waals surface area contributed by atoms with Gasteiger partial charge < -0.3 is 0 Å². The van der Waals surface area contributed by atoms with Gasteiger partial charge in [-0.1, -0.05) is 44.0 Å². The maximum atomic E-state index is 12.7. The van der Waals surface area contributed by atoms with E-state index in [0.29, 0.717) is 10.0 Å². The highest BCUT2D eigenvalue weighted by molar-refractivity contribution is 9.11. The lowest BCUT2D eigenvalue weighted by atomic mass is 10.0. The second-order valence-electron chi connectivity index (χ2n) is 4.49. The molecule has 0 fully saturated rings. The van der Waals surface area contributed by atoms with Crippen molar-refractivity contribution < 1.29 is 18.0 Å². The minimum Gasteiger partial charge on any atom is -0.289 e. The average molecular weight is 422 g/mol. The Balaban J connectivity index is 2.48. The van der Waals surface area contributed by atoms with Crippen LogP contribution in [-0.2, 0) is 6.18 Å². The van der Waals surface area contributed by atoms with E-state index in [4.69, 9.17) is 0 Å². The summed E-state index contributed by atoms with van der Waals surface area (Å²) in [5, 5.41) is 0. The monoisotopic (exact) mass is 420 g/mol. The maximum absolute atomic E-state index is 12.7. The lowest BCUT2D eigenvalue weighted by Gasteiger charge is -2.10. The minimum absolute atomic E-state index is 0.00118. The number of hydrogen-bond acceptors (Lipinski definition) is 1. The van der Waals surface area contributed by atoms with Crippen LogP contribution in [0, 0.1) is 6.92 Å². The summed E-state index contributed by atoms with van der Waals surface area (Å²) in [6.07, 6.45) is -4.47. The summed E-state index contributed by atoms with van der Waals surface area (Å²) in [5.74, 6) is -0.464. The van der Waals surface area contributed by atoms with Gasteiger partial charge in [0.15, 0.2) is 5.78 Å². The van der Waals surface area contributed by atoms with Gasteiger partial charge in [0.25, 0.3) is 0 Å². The molecule has 110 valence electrons. The van der Waals surface area contributed by atoms with E-state index in [0.717, 1.165) is 22.2 Å². The number of ketones is 1. The minimum atomic E-state index is -4.47. The van der Waals surface area contributed by atoms with Gasteiger partial charge in [-0.25, -0.2) is 0 Å². The lowest BCUT2D eigenvalue weighted by Crippen LogP contribution is -2.08. The number of alkyl halides is 3. The first-order chi connectivity index (χ1) is 9.70. The van der Waals surface area contributed by atoms with Crippen LogP contribution >= 0.6 is 31.9 Å². The molecule has 0 bridgehead atoms. The van der Waals surface area contributed by atoms with Crippen molar-refractivity contribution in [3.8, 4) is 0 Å². The molecule has 0 N–H and O–H groups in total. The van der Waals surface area contributed by atoms with Crippen molar-refractivity contribution in [3.05, 3.63) is 67.6 Å². The Morgan fingerprint density at radius 1 is 1.05 bits per heavy atom. The quantitative estimate of drug-likeness (QED) is 0.562. The van der Waals surface area contributed by atoms with Crippen molar-refractivity contribution in [3.63, 3.8) is 0 Å². The second kappa shape index (κ2) is 5.93. The maximum Gasteiger partial charge on any atom is 0.416 e. The first-order valence-corrected chi connectivity index (χ1v) is 7.46. The van der Waals surface area contributed by atoms with Crippen LogP contribution in [0.2, 0.25) is 0 Å². The van der Waals surface area contributed by atoms with Gasteiger partial charge in [-0.05, 0) is 36.8 Å². The van der Waals surface area contributed by atoms with E-state index in [1.54, 1.807) is 12.1 Å². The van der Waals surface area contributed by atoms with Crippen LogP contribution < -0.4 is 0 Å². The predicted octanol–water partition coefficient (Wildman–Crippen LogP) is 5.77. The molecule has 0 spiro atoms. The van der Waals surface area contributed by atoms with Gasteiger partial charge in [0.2, 0.25) is 0 Å². The molecule has 21 heavy (non-hydrogen) atoms. The van der Waals surface area contributed by atoms with Crippen molar-refractivity contribution >= 4 is 37.6 Å². The molecule has 2 aromatic carbocycles. The van der Waals surface area contributed by atoms with Gasteiger partial charge in [0.1, 0.15) is 0 Å². The molecule has 0 unspecified atom stereocenters. The highest BCUT2D eigenvalue weighted by Gasteiger charge is 2.31. The van der Waals surface area contributed by atoms with E-state index in [9.17, 15) is 18.0 Å². The Hall–Kier alpha value is -1.14. The molecule has 6 heteroatoms. The Kier molecular flexibility index (Phi) is 4.58.